The van der Waals surface area contributed by atoms with Crippen LogP contribution in [-0.4, -0.2) is 211 Å². The van der Waals surface area contributed by atoms with Gasteiger partial charge in [-0.3, -0.25) is 0 Å². The number of aromatic hydroxyl groups is 1. The molecule has 4 fully saturated rings. The lowest BCUT2D eigenvalue weighted by Crippen LogP contribution is -2.66. The summed E-state index contributed by atoms with van der Waals surface area (Å²) >= 11 is 0. The van der Waals surface area contributed by atoms with Gasteiger partial charge in [-0.2, -0.15) is 0 Å². The van der Waals surface area contributed by atoms with Crippen molar-refractivity contribution in [3.05, 3.63) is 29.8 Å². The van der Waals surface area contributed by atoms with Crippen molar-refractivity contribution in [3.8, 4) is 11.5 Å². The zero-order valence-corrected chi connectivity index (χ0v) is 28.6. The molecule has 1 unspecified atom stereocenters. The predicted octanol–water partition coefficient (Wildman–Crippen LogP) is -6.49. The first-order chi connectivity index (χ1) is 25.7. The van der Waals surface area contributed by atoms with Gasteiger partial charge >= 0.3 is 5.97 Å². The largest absolute Gasteiger partial charge is 0.504 e. The van der Waals surface area contributed by atoms with Crippen molar-refractivity contribution in [2.45, 2.75) is 111 Å². The molecular weight excluding hydrogens is 736 g/mol. The quantitative estimate of drug-likeness (QED) is 0.0654. The second kappa shape index (κ2) is 18.5. The first-order valence-corrected chi connectivity index (χ1v) is 16.8. The zero-order valence-electron chi connectivity index (χ0n) is 28.6. The molecule has 5 rings (SSSR count). The van der Waals surface area contributed by atoms with Crippen LogP contribution < -0.4 is 4.74 Å². The molecule has 0 spiro atoms. The molecule has 22 nitrogen and oxygen atoms in total. The highest BCUT2D eigenvalue weighted by Crippen LogP contribution is 2.34. The van der Waals surface area contributed by atoms with Crippen LogP contribution in [0, 0.1) is 0 Å². The van der Waals surface area contributed by atoms with Gasteiger partial charge in [-0.25, -0.2) is 4.79 Å². The van der Waals surface area contributed by atoms with Gasteiger partial charge in [0.1, 0.15) is 92.1 Å². The number of esters is 1. The third-order valence-corrected chi connectivity index (χ3v) is 9.29. The van der Waals surface area contributed by atoms with Crippen molar-refractivity contribution in [2.75, 3.05) is 33.5 Å². The van der Waals surface area contributed by atoms with Gasteiger partial charge in [0.25, 0.3) is 0 Å². The van der Waals surface area contributed by atoms with E-state index in [9.17, 15) is 66.1 Å². The Hall–Kier alpha value is -2.69. The lowest BCUT2D eigenvalue weighted by Gasteiger charge is -2.47. The SMILES string of the molecule is COc1cc(/C=C/C(=O)OC[C@@H]2OC(O)[C@H](O[C@@H]3OC[C@@H](O)[C@H](O)[C@H]3O[C@@H]3O[C@@H](CO)[C@@H](O)[C@@H](O[C@H]4O[C@H](CO)[C@H](O)[C@H](O)[C@H]4O)[C@@H]3O)[C@H]2O)ccc1O. The number of methoxy groups -OCH3 is 1. The number of carbonyl (C=O) groups excluding carboxylic acids is 1. The number of phenols is 1. The molecule has 4 aliphatic heterocycles. The fourth-order valence-corrected chi connectivity index (χ4v) is 6.18. The zero-order chi connectivity index (χ0) is 39.4. The molecule has 0 aromatic heterocycles. The molecule has 306 valence electrons. The predicted molar refractivity (Wildman–Crippen MR) is 169 cm³/mol. The van der Waals surface area contributed by atoms with Crippen molar-refractivity contribution in [1.82, 2.24) is 0 Å². The third kappa shape index (κ3) is 9.29. The van der Waals surface area contributed by atoms with Crippen LogP contribution in [0.3, 0.4) is 0 Å². The van der Waals surface area contributed by atoms with E-state index in [1.165, 1.54) is 31.4 Å². The Morgan fingerprint density at radius 1 is 0.722 bits per heavy atom. The molecule has 0 bridgehead atoms. The minimum atomic E-state index is -2.03. The minimum absolute atomic E-state index is 0.106. The summed E-state index contributed by atoms with van der Waals surface area (Å²) in [7, 11) is 1.35. The van der Waals surface area contributed by atoms with Gasteiger partial charge in [0.15, 0.2) is 36.7 Å². The lowest BCUT2D eigenvalue weighted by molar-refractivity contribution is -0.384. The van der Waals surface area contributed by atoms with E-state index in [4.69, 9.17) is 42.6 Å². The summed E-state index contributed by atoms with van der Waals surface area (Å²) in [5.41, 5.74) is 0.491. The third-order valence-electron chi connectivity index (χ3n) is 9.29. The molecule has 0 saturated carbocycles. The molecule has 18 atom stereocenters. The summed E-state index contributed by atoms with van der Waals surface area (Å²) in [5, 5.41) is 124. The Balaban J connectivity index is 1.23. The molecule has 0 radical (unpaired) electrons. The van der Waals surface area contributed by atoms with Crippen LogP contribution >= 0.6 is 0 Å². The summed E-state index contributed by atoms with van der Waals surface area (Å²) in [5.74, 6) is -0.792. The number of carbonyl (C=O) groups is 1. The van der Waals surface area contributed by atoms with E-state index >= 15 is 0 Å². The van der Waals surface area contributed by atoms with Gasteiger partial charge in [-0.1, -0.05) is 6.07 Å². The standard InChI is InChI=1S/C32H46O22/c1-46-14-6-11(2-4-12(14)35)3-5-18(37)47-10-17-22(41)27(29(45)49-17)53-32-28(19(38)13(36)9-48-32)54-31-25(44)26(21(40)16(8-34)51-31)52-30-24(43)23(42)20(39)15(7-33)50-30/h2-6,13,15-17,19-36,38-45H,7-10H2,1H3/b5-3+/t13-,15-,16+,17+,19+,20+,21-,22+,23+,24-,25+,26-,27-,28-,29?,30-,31+,32+/m1/s1. The Morgan fingerprint density at radius 2 is 1.33 bits per heavy atom. The fourth-order valence-electron chi connectivity index (χ4n) is 6.18. The normalized spacial score (nSPS) is 43.0. The number of aliphatic hydroxyl groups is 11. The number of hydrogen-bond acceptors (Lipinski definition) is 22. The Labute approximate surface area is 306 Å². The number of hydrogen-bond donors (Lipinski definition) is 12. The molecule has 22 heteroatoms. The summed E-state index contributed by atoms with van der Waals surface area (Å²) in [6, 6.07) is 4.34. The van der Waals surface area contributed by atoms with E-state index in [0.717, 1.165) is 6.08 Å². The molecule has 12 N–H and O–H groups in total. The second-order valence-corrected chi connectivity index (χ2v) is 12.9. The van der Waals surface area contributed by atoms with E-state index < -0.39 is 143 Å². The summed E-state index contributed by atoms with van der Waals surface area (Å²) in [6.45, 7) is -2.80. The molecule has 4 heterocycles. The van der Waals surface area contributed by atoms with E-state index in [0.29, 0.717) is 5.56 Å². The summed E-state index contributed by atoms with van der Waals surface area (Å²) in [4.78, 5) is 12.3. The summed E-state index contributed by atoms with van der Waals surface area (Å²) < 4.78 is 48.7. The van der Waals surface area contributed by atoms with Crippen molar-refractivity contribution < 1.29 is 109 Å². The topological polar surface area (TPSA) is 343 Å². The van der Waals surface area contributed by atoms with Crippen LogP contribution in [0.15, 0.2) is 24.3 Å². The van der Waals surface area contributed by atoms with Crippen molar-refractivity contribution in [1.29, 1.82) is 0 Å². The molecule has 1 aromatic rings. The number of ether oxygens (including phenoxy) is 9. The average Bonchev–Trinajstić information content (AvgIpc) is 3.43. The van der Waals surface area contributed by atoms with E-state index in [2.05, 4.69) is 0 Å². The molecule has 0 amide bonds. The number of aliphatic hydroxyl groups excluding tert-OH is 11. The maximum Gasteiger partial charge on any atom is 0.330 e. The minimum Gasteiger partial charge on any atom is -0.504 e. The van der Waals surface area contributed by atoms with E-state index in [1.54, 1.807) is 0 Å². The average molecular weight is 783 g/mol. The van der Waals surface area contributed by atoms with Crippen LogP contribution in [0.5, 0.6) is 11.5 Å². The lowest BCUT2D eigenvalue weighted by atomic mass is 9.96. The van der Waals surface area contributed by atoms with E-state index in [-0.39, 0.29) is 11.5 Å². The maximum atomic E-state index is 12.3. The van der Waals surface area contributed by atoms with Crippen molar-refractivity contribution >= 4 is 12.0 Å². The van der Waals surface area contributed by atoms with Crippen molar-refractivity contribution in [3.63, 3.8) is 0 Å². The van der Waals surface area contributed by atoms with Crippen LogP contribution in [0.1, 0.15) is 5.56 Å². The monoisotopic (exact) mass is 782 g/mol. The molecule has 1 aromatic carbocycles. The van der Waals surface area contributed by atoms with Crippen LogP contribution in [-0.2, 0) is 42.7 Å². The first kappa shape index (κ1) is 42.5. The molecular formula is C32H46O22. The highest BCUT2D eigenvalue weighted by molar-refractivity contribution is 5.87. The van der Waals surface area contributed by atoms with Gasteiger partial charge < -0.3 is 104 Å². The molecule has 54 heavy (non-hydrogen) atoms. The van der Waals surface area contributed by atoms with Gasteiger partial charge in [0.2, 0.25) is 0 Å². The Morgan fingerprint density at radius 3 is 2.00 bits per heavy atom. The maximum absolute atomic E-state index is 12.3. The van der Waals surface area contributed by atoms with Crippen LogP contribution in [0.4, 0.5) is 0 Å². The van der Waals surface area contributed by atoms with Crippen LogP contribution in [0.25, 0.3) is 6.08 Å². The smallest absolute Gasteiger partial charge is 0.330 e. The number of phenolic OH excluding ortho intramolecular Hbond substituents is 1. The molecule has 0 aliphatic carbocycles. The molecule has 4 aliphatic rings. The van der Waals surface area contributed by atoms with Gasteiger partial charge in [0.05, 0.1) is 26.9 Å². The number of benzene rings is 1. The fraction of sp³-hybridized carbons (Fsp3) is 0.719. The highest BCUT2D eigenvalue weighted by Gasteiger charge is 2.54. The van der Waals surface area contributed by atoms with Gasteiger partial charge in [0, 0.05) is 6.08 Å². The Bertz CT molecular complexity index is 1400. The number of rotatable bonds is 13. The Kier molecular flexibility index (Phi) is 14.5. The van der Waals surface area contributed by atoms with Crippen LogP contribution in [0.2, 0.25) is 0 Å². The first-order valence-electron chi connectivity index (χ1n) is 16.8. The van der Waals surface area contributed by atoms with Crippen molar-refractivity contribution in [2.24, 2.45) is 0 Å². The van der Waals surface area contributed by atoms with E-state index in [1.807, 2.05) is 0 Å². The second-order valence-electron chi connectivity index (χ2n) is 12.9. The highest BCUT2D eigenvalue weighted by atomic mass is 16.8. The van der Waals surface area contributed by atoms with Gasteiger partial charge in [-0.15, -0.1) is 0 Å². The van der Waals surface area contributed by atoms with Gasteiger partial charge in [-0.05, 0) is 23.8 Å². The molecule has 4 saturated heterocycles. The summed E-state index contributed by atoms with van der Waals surface area (Å²) in [6.07, 6.45) is -29.0.